The third kappa shape index (κ3) is 1.88. The molecule has 66 valence electrons. The van der Waals surface area contributed by atoms with E-state index in [1.54, 1.807) is 0 Å². The van der Waals surface area contributed by atoms with E-state index in [-0.39, 0.29) is 38.0 Å². The molecule has 1 rings (SSSR count). The highest BCUT2D eigenvalue weighted by atomic mass is 16.5. The highest BCUT2D eigenvalue weighted by Crippen LogP contribution is 2.00. The third-order valence-corrected chi connectivity index (χ3v) is 1.52. The number of hydrogen-bond acceptors (Lipinski definition) is 4. The van der Waals surface area contributed by atoms with E-state index >= 15 is 0 Å². The molecule has 0 unspecified atom stereocenters. The second-order valence-corrected chi connectivity index (χ2v) is 2.39. The predicted molar refractivity (Wildman–Crippen MR) is 38.2 cm³/mol. The molecule has 1 aliphatic heterocycles. The molecule has 0 aliphatic carbocycles. The van der Waals surface area contributed by atoms with Crippen molar-refractivity contribution in [1.82, 2.24) is 4.90 Å². The lowest BCUT2D eigenvalue weighted by Gasteiger charge is -2.23. The van der Waals surface area contributed by atoms with E-state index < -0.39 is 0 Å². The number of nitrogens with zero attached hydrogens (tertiary/aromatic N) is 1. The summed E-state index contributed by atoms with van der Waals surface area (Å²) < 4.78 is 4.68. The summed E-state index contributed by atoms with van der Waals surface area (Å²) in [6.45, 7) is 0.0414. The van der Waals surface area contributed by atoms with Gasteiger partial charge in [-0.15, -0.1) is 0 Å². The molecule has 0 radical (unpaired) electrons. The Bertz CT molecular complexity index is 197. The zero-order chi connectivity index (χ0) is 8.97. The van der Waals surface area contributed by atoms with Gasteiger partial charge in [0, 0.05) is 13.0 Å². The van der Waals surface area contributed by atoms with Gasteiger partial charge in [0.15, 0.2) is 0 Å². The molecule has 0 aromatic carbocycles. The van der Waals surface area contributed by atoms with Crippen molar-refractivity contribution in [3.05, 3.63) is 0 Å². The van der Waals surface area contributed by atoms with Crippen LogP contribution >= 0.6 is 0 Å². The predicted octanol–water partition coefficient (Wildman–Crippen LogP) is -1.04. The van der Waals surface area contributed by atoms with Crippen LogP contribution in [0, 0.1) is 0 Å². The van der Waals surface area contributed by atoms with Crippen molar-refractivity contribution in [1.29, 1.82) is 0 Å². The largest absolute Gasteiger partial charge is 0.362 e. The molecule has 2 amide bonds. The maximum absolute atomic E-state index is 11.0. The topological polar surface area (TPSA) is 63.7 Å². The van der Waals surface area contributed by atoms with Crippen LogP contribution in [0.5, 0.6) is 0 Å². The van der Waals surface area contributed by atoms with E-state index in [4.69, 9.17) is 0 Å². The first-order valence-electron chi connectivity index (χ1n) is 3.60. The summed E-state index contributed by atoms with van der Waals surface area (Å²) in [5.41, 5.74) is 0. The molecule has 1 fully saturated rings. The van der Waals surface area contributed by atoms with Crippen molar-refractivity contribution >= 4 is 18.1 Å². The monoisotopic (exact) mass is 171 g/mol. The van der Waals surface area contributed by atoms with Gasteiger partial charge in [-0.2, -0.15) is 0 Å². The minimum Gasteiger partial charge on any atom is -0.362 e. The van der Waals surface area contributed by atoms with Crippen LogP contribution < -0.4 is 0 Å². The maximum atomic E-state index is 11.0. The van der Waals surface area contributed by atoms with Crippen molar-refractivity contribution < 1.29 is 19.1 Å². The second-order valence-electron chi connectivity index (χ2n) is 2.39. The van der Waals surface area contributed by atoms with Gasteiger partial charge in [-0.05, 0) is 0 Å². The van der Waals surface area contributed by atoms with E-state index in [2.05, 4.69) is 4.74 Å². The summed E-state index contributed by atoms with van der Waals surface area (Å²) >= 11 is 0. The highest BCUT2D eigenvalue weighted by Gasteiger charge is 2.25. The number of rotatable bonds is 3. The van der Waals surface area contributed by atoms with Crippen LogP contribution in [0.3, 0.4) is 0 Å². The van der Waals surface area contributed by atoms with Gasteiger partial charge < -0.3 is 9.53 Å². The zero-order valence-electron chi connectivity index (χ0n) is 6.49. The molecule has 0 N–H and O–H groups in total. The van der Waals surface area contributed by atoms with Crippen molar-refractivity contribution in [2.75, 3.05) is 19.8 Å². The van der Waals surface area contributed by atoms with Crippen LogP contribution in [-0.2, 0) is 19.1 Å². The molecule has 0 bridgehead atoms. The lowest BCUT2D eigenvalue weighted by molar-refractivity contribution is -0.158. The van der Waals surface area contributed by atoms with Crippen molar-refractivity contribution in [2.24, 2.45) is 0 Å². The molecule has 12 heavy (non-hydrogen) atoms. The lowest BCUT2D eigenvalue weighted by Crippen LogP contribution is -2.46. The Kier molecular flexibility index (Phi) is 2.93. The van der Waals surface area contributed by atoms with Crippen molar-refractivity contribution in [3.8, 4) is 0 Å². The number of carbonyl (C=O) groups excluding carboxylic acids is 3. The summed E-state index contributed by atoms with van der Waals surface area (Å²) in [5, 5.41) is 0. The Morgan fingerprint density at radius 3 is 2.42 bits per heavy atom. The van der Waals surface area contributed by atoms with Crippen molar-refractivity contribution in [2.45, 2.75) is 6.42 Å². The van der Waals surface area contributed by atoms with Crippen LogP contribution in [0.1, 0.15) is 6.42 Å². The third-order valence-electron chi connectivity index (χ3n) is 1.52. The lowest BCUT2D eigenvalue weighted by atomic mass is 10.3. The molecule has 0 spiro atoms. The van der Waals surface area contributed by atoms with Gasteiger partial charge in [-0.1, -0.05) is 0 Å². The summed E-state index contributed by atoms with van der Waals surface area (Å²) in [7, 11) is 0. The number of ether oxygens (including phenoxy) is 1. The number of carbonyl (C=O) groups is 3. The molecule has 5 heteroatoms. The first kappa shape index (κ1) is 8.86. The number of hydrogen-bond donors (Lipinski definition) is 0. The van der Waals surface area contributed by atoms with Crippen LogP contribution in [0.2, 0.25) is 0 Å². The first-order valence-corrected chi connectivity index (χ1v) is 3.60. The van der Waals surface area contributed by atoms with Crippen LogP contribution in [0.25, 0.3) is 0 Å². The molecule has 1 heterocycles. The quantitative estimate of drug-likeness (QED) is 0.402. The Hall–Kier alpha value is -1.23. The molecule has 1 saturated heterocycles. The Morgan fingerprint density at radius 1 is 1.33 bits per heavy atom. The molecule has 0 aromatic heterocycles. The zero-order valence-corrected chi connectivity index (χ0v) is 6.49. The first-order chi connectivity index (χ1) is 5.75. The summed E-state index contributed by atoms with van der Waals surface area (Å²) in [6.07, 6.45) is 0.869. The van der Waals surface area contributed by atoms with Crippen LogP contribution in [0.15, 0.2) is 0 Å². The van der Waals surface area contributed by atoms with E-state index in [0.29, 0.717) is 6.29 Å². The van der Waals surface area contributed by atoms with Gasteiger partial charge in [0.1, 0.15) is 19.5 Å². The standard InChI is InChI=1S/C7H9NO4/c9-3-1-2-8-6(10)4-12-5-7(8)11/h3H,1-2,4-5H2. The van der Waals surface area contributed by atoms with Gasteiger partial charge in [0.2, 0.25) is 0 Å². The fourth-order valence-corrected chi connectivity index (χ4v) is 0.952. The SMILES string of the molecule is O=CCCN1C(=O)COCC1=O. The van der Waals surface area contributed by atoms with Crippen LogP contribution in [-0.4, -0.2) is 42.8 Å². The van der Waals surface area contributed by atoms with Gasteiger partial charge in [-0.3, -0.25) is 14.5 Å². The minimum absolute atomic E-state index is 0.0649. The fraction of sp³-hybridized carbons (Fsp3) is 0.571. The molecule has 1 aliphatic rings. The molecular weight excluding hydrogens is 162 g/mol. The van der Waals surface area contributed by atoms with Gasteiger partial charge in [0.25, 0.3) is 11.8 Å². The van der Waals surface area contributed by atoms with Gasteiger partial charge in [-0.25, -0.2) is 0 Å². The van der Waals surface area contributed by atoms with Gasteiger partial charge in [0.05, 0.1) is 0 Å². The van der Waals surface area contributed by atoms with Crippen molar-refractivity contribution in [3.63, 3.8) is 0 Å². The minimum atomic E-state index is -0.367. The average molecular weight is 171 g/mol. The summed E-state index contributed by atoms with van der Waals surface area (Å²) in [5.74, 6) is -0.735. The Labute approximate surface area is 69.3 Å². The molecule has 0 saturated carbocycles. The van der Waals surface area contributed by atoms with Gasteiger partial charge >= 0.3 is 0 Å². The van der Waals surface area contributed by atoms with E-state index in [9.17, 15) is 14.4 Å². The number of imide groups is 1. The summed E-state index contributed by atoms with van der Waals surface area (Å²) in [6, 6.07) is 0. The maximum Gasteiger partial charge on any atom is 0.255 e. The smallest absolute Gasteiger partial charge is 0.255 e. The number of morpholine rings is 1. The fourth-order valence-electron chi connectivity index (χ4n) is 0.952. The summed E-state index contributed by atoms with van der Waals surface area (Å²) in [4.78, 5) is 33.0. The number of amides is 2. The van der Waals surface area contributed by atoms with E-state index in [1.165, 1.54) is 0 Å². The molecule has 0 aromatic rings. The normalized spacial score (nSPS) is 18.2. The molecule has 5 nitrogen and oxygen atoms in total. The second kappa shape index (κ2) is 3.96. The van der Waals surface area contributed by atoms with Crippen LogP contribution in [0.4, 0.5) is 0 Å². The Morgan fingerprint density at radius 2 is 1.92 bits per heavy atom. The highest BCUT2D eigenvalue weighted by molar-refractivity contribution is 5.98. The Balaban J connectivity index is 2.51. The number of aldehydes is 1. The molecule has 0 atom stereocenters. The van der Waals surface area contributed by atoms with E-state index in [1.807, 2.05) is 0 Å². The molecular formula is C7H9NO4. The van der Waals surface area contributed by atoms with E-state index in [0.717, 1.165) is 4.90 Å². The average Bonchev–Trinajstić information content (AvgIpc) is 2.04.